The lowest BCUT2D eigenvalue weighted by Gasteiger charge is -2.09. The van der Waals surface area contributed by atoms with Crippen molar-refractivity contribution >= 4 is 53.4 Å². The van der Waals surface area contributed by atoms with E-state index in [1.54, 1.807) is 11.3 Å². The Balaban J connectivity index is 1.55. The van der Waals surface area contributed by atoms with Gasteiger partial charge in [-0.25, -0.2) is 4.98 Å². The maximum atomic E-state index is 4.89. The third kappa shape index (κ3) is 2.49. The van der Waals surface area contributed by atoms with Crippen molar-refractivity contribution in [3.05, 3.63) is 109 Å². The van der Waals surface area contributed by atoms with Gasteiger partial charge in [0.2, 0.25) is 0 Å². The highest BCUT2D eigenvalue weighted by atomic mass is 32.1. The Bertz CT molecular complexity index is 1760. The van der Waals surface area contributed by atoms with Crippen LogP contribution in [0.1, 0.15) is 0 Å². The van der Waals surface area contributed by atoms with Gasteiger partial charge in [0.15, 0.2) is 0 Å². The molecule has 0 fully saturated rings. The monoisotopic (exact) mass is 426 g/mol. The molecule has 0 unspecified atom stereocenters. The Morgan fingerprint density at radius 1 is 0.562 bits per heavy atom. The molecule has 7 rings (SSSR count). The minimum absolute atomic E-state index is 1.10. The van der Waals surface area contributed by atoms with Crippen LogP contribution in [0, 0.1) is 0 Å². The summed E-state index contributed by atoms with van der Waals surface area (Å²) in [6.07, 6.45) is 2.04. The van der Waals surface area contributed by atoms with E-state index in [2.05, 4.69) is 108 Å². The molecule has 3 aromatic heterocycles. The number of hydrogen-bond acceptors (Lipinski definition) is 2. The molecule has 0 radical (unpaired) electrons. The van der Waals surface area contributed by atoms with Crippen LogP contribution in [0.25, 0.3) is 58.9 Å². The summed E-state index contributed by atoms with van der Waals surface area (Å²) in [4.78, 5) is 5.99. The van der Waals surface area contributed by atoms with Crippen molar-refractivity contribution in [3.8, 4) is 16.8 Å². The lowest BCUT2D eigenvalue weighted by molar-refractivity contribution is 1.17. The molecule has 0 bridgehead atoms. The SMILES string of the molecule is c1ccc(-c2ccc(-n3c4ccccc4c4c5c(ncc43)sc3ccccc35)cc2)cc1. The van der Waals surface area contributed by atoms with Gasteiger partial charge in [-0.3, -0.25) is 0 Å². The first-order valence-corrected chi connectivity index (χ1v) is 11.6. The molecule has 3 heteroatoms. The second-order valence-corrected chi connectivity index (χ2v) is 9.09. The van der Waals surface area contributed by atoms with E-state index < -0.39 is 0 Å². The molecule has 150 valence electrons. The number of thiophene rings is 1. The first-order chi connectivity index (χ1) is 15.9. The third-order valence-electron chi connectivity index (χ3n) is 6.27. The lowest BCUT2D eigenvalue weighted by atomic mass is 10.1. The molecule has 0 spiro atoms. The van der Waals surface area contributed by atoms with Crippen LogP contribution < -0.4 is 0 Å². The molecular formula is C29H18N2S. The van der Waals surface area contributed by atoms with E-state index >= 15 is 0 Å². The minimum Gasteiger partial charge on any atom is -0.308 e. The van der Waals surface area contributed by atoms with Gasteiger partial charge >= 0.3 is 0 Å². The molecule has 0 amide bonds. The summed E-state index contributed by atoms with van der Waals surface area (Å²) < 4.78 is 3.63. The zero-order valence-corrected chi connectivity index (χ0v) is 18.0. The van der Waals surface area contributed by atoms with Crippen molar-refractivity contribution < 1.29 is 0 Å². The molecule has 3 heterocycles. The van der Waals surface area contributed by atoms with E-state index in [9.17, 15) is 0 Å². The van der Waals surface area contributed by atoms with Gasteiger partial charge in [0.1, 0.15) is 4.83 Å². The first kappa shape index (κ1) is 17.7. The van der Waals surface area contributed by atoms with E-state index in [1.807, 2.05) is 6.20 Å². The van der Waals surface area contributed by atoms with Gasteiger partial charge in [-0.15, -0.1) is 11.3 Å². The first-order valence-electron chi connectivity index (χ1n) is 10.7. The van der Waals surface area contributed by atoms with Gasteiger partial charge in [-0.2, -0.15) is 0 Å². The Kier molecular flexibility index (Phi) is 3.75. The highest BCUT2D eigenvalue weighted by Gasteiger charge is 2.18. The van der Waals surface area contributed by atoms with Crippen molar-refractivity contribution in [2.75, 3.05) is 0 Å². The standard InChI is InChI=1S/C29H18N2S/c1-2-8-19(9-3-1)20-14-16-21(17-15-20)31-24-12-6-4-10-22(24)27-25(31)18-30-29-28(27)23-11-5-7-13-26(23)32-29/h1-18H. The van der Waals surface area contributed by atoms with Crippen molar-refractivity contribution in [1.29, 1.82) is 0 Å². The van der Waals surface area contributed by atoms with Crippen LogP contribution in [0.15, 0.2) is 109 Å². The number of rotatable bonds is 2. The number of fused-ring (bicyclic) bond motifs is 7. The molecule has 0 N–H and O–H groups in total. The molecule has 7 aromatic rings. The second kappa shape index (κ2) is 6.78. The van der Waals surface area contributed by atoms with Crippen molar-refractivity contribution in [3.63, 3.8) is 0 Å². The van der Waals surface area contributed by atoms with Crippen LogP contribution in [0.2, 0.25) is 0 Å². The van der Waals surface area contributed by atoms with Gasteiger partial charge < -0.3 is 4.57 Å². The van der Waals surface area contributed by atoms with E-state index in [4.69, 9.17) is 4.98 Å². The van der Waals surface area contributed by atoms with Crippen LogP contribution in [0.4, 0.5) is 0 Å². The number of benzene rings is 4. The van der Waals surface area contributed by atoms with Crippen LogP contribution in [-0.4, -0.2) is 9.55 Å². The summed E-state index contributed by atoms with van der Waals surface area (Å²) >= 11 is 1.77. The van der Waals surface area contributed by atoms with Crippen molar-refractivity contribution in [1.82, 2.24) is 9.55 Å². The Morgan fingerprint density at radius 3 is 2.09 bits per heavy atom. The largest absolute Gasteiger partial charge is 0.308 e. The molecule has 0 aliphatic carbocycles. The summed E-state index contributed by atoms with van der Waals surface area (Å²) in [5.74, 6) is 0. The molecule has 0 saturated heterocycles. The van der Waals surface area contributed by atoms with Crippen LogP contribution in [-0.2, 0) is 0 Å². The van der Waals surface area contributed by atoms with Gasteiger partial charge in [0, 0.05) is 31.9 Å². The number of aromatic nitrogens is 2. The topological polar surface area (TPSA) is 17.8 Å². The van der Waals surface area contributed by atoms with Crippen molar-refractivity contribution in [2.24, 2.45) is 0 Å². The summed E-state index contributed by atoms with van der Waals surface area (Å²) in [5, 5.41) is 5.10. The smallest absolute Gasteiger partial charge is 0.125 e. The predicted molar refractivity (Wildman–Crippen MR) is 137 cm³/mol. The highest BCUT2D eigenvalue weighted by Crippen LogP contribution is 2.42. The van der Waals surface area contributed by atoms with Crippen LogP contribution >= 0.6 is 11.3 Å². The quantitative estimate of drug-likeness (QED) is 0.272. The maximum Gasteiger partial charge on any atom is 0.125 e. The molecule has 4 aromatic carbocycles. The summed E-state index contributed by atoms with van der Waals surface area (Å²) in [7, 11) is 0. The summed E-state index contributed by atoms with van der Waals surface area (Å²) in [6.45, 7) is 0. The third-order valence-corrected chi connectivity index (χ3v) is 7.35. The Morgan fingerprint density at radius 2 is 1.25 bits per heavy atom. The number of hydrogen-bond donors (Lipinski definition) is 0. The normalized spacial score (nSPS) is 11.8. The fraction of sp³-hybridized carbons (Fsp3) is 0. The van der Waals surface area contributed by atoms with Gasteiger partial charge in [0.25, 0.3) is 0 Å². The number of nitrogens with zero attached hydrogens (tertiary/aromatic N) is 2. The van der Waals surface area contributed by atoms with E-state index in [0.717, 1.165) is 16.0 Å². The summed E-state index contributed by atoms with van der Waals surface area (Å²) in [6, 6.07) is 36.7. The fourth-order valence-electron chi connectivity index (χ4n) is 4.84. The van der Waals surface area contributed by atoms with Gasteiger partial charge in [-0.1, -0.05) is 78.9 Å². The molecular weight excluding hydrogens is 408 g/mol. The van der Waals surface area contributed by atoms with Gasteiger partial charge in [-0.05, 0) is 35.4 Å². The molecule has 0 aliphatic heterocycles. The molecule has 32 heavy (non-hydrogen) atoms. The molecule has 0 atom stereocenters. The lowest BCUT2D eigenvalue weighted by Crippen LogP contribution is -1.94. The summed E-state index contributed by atoms with van der Waals surface area (Å²) in [5.41, 5.74) is 5.96. The Hall–Kier alpha value is -3.95. The molecule has 0 saturated carbocycles. The van der Waals surface area contributed by atoms with Gasteiger partial charge in [0.05, 0.1) is 17.2 Å². The van der Waals surface area contributed by atoms with Crippen LogP contribution in [0.5, 0.6) is 0 Å². The zero-order valence-electron chi connectivity index (χ0n) is 17.2. The number of para-hydroxylation sites is 1. The number of pyridine rings is 1. The van der Waals surface area contributed by atoms with E-state index in [1.165, 1.54) is 42.9 Å². The second-order valence-electron chi connectivity index (χ2n) is 8.06. The predicted octanol–water partition coefficient (Wildman–Crippen LogP) is 8.21. The average Bonchev–Trinajstić information content (AvgIpc) is 3.40. The average molecular weight is 427 g/mol. The zero-order chi connectivity index (χ0) is 21.1. The van der Waals surface area contributed by atoms with E-state index in [-0.39, 0.29) is 0 Å². The molecule has 2 nitrogen and oxygen atoms in total. The maximum absolute atomic E-state index is 4.89. The van der Waals surface area contributed by atoms with Crippen molar-refractivity contribution in [2.45, 2.75) is 0 Å². The fourth-order valence-corrected chi connectivity index (χ4v) is 5.90. The Labute approximate surface area is 189 Å². The molecule has 0 aliphatic rings. The highest BCUT2D eigenvalue weighted by molar-refractivity contribution is 7.25. The van der Waals surface area contributed by atoms with E-state index in [0.29, 0.717) is 0 Å². The van der Waals surface area contributed by atoms with Crippen LogP contribution in [0.3, 0.4) is 0 Å². The minimum atomic E-state index is 1.10.